The van der Waals surface area contributed by atoms with Crippen molar-refractivity contribution in [2.75, 3.05) is 19.7 Å². The zero-order chi connectivity index (χ0) is 24.0. The van der Waals surface area contributed by atoms with Gasteiger partial charge in [-0.25, -0.2) is 13.8 Å². The molecule has 0 aromatic carbocycles. The minimum Gasteiger partial charge on any atom is -0.464 e. The van der Waals surface area contributed by atoms with E-state index in [-0.39, 0.29) is 5.78 Å². The molecule has 34 heavy (non-hydrogen) atoms. The Kier molecular flexibility index (Phi) is 8.42. The molecule has 2 aromatic rings. The Labute approximate surface area is 204 Å². The Morgan fingerprint density at radius 2 is 2.09 bits per heavy atom. The van der Waals surface area contributed by atoms with Gasteiger partial charge in [0.1, 0.15) is 0 Å². The summed E-state index contributed by atoms with van der Waals surface area (Å²) >= 11 is 1.40. The number of thiazole rings is 1. The zero-order valence-corrected chi connectivity index (χ0v) is 20.5. The summed E-state index contributed by atoms with van der Waals surface area (Å²) in [5.41, 5.74) is 1.93. The second-order valence-corrected chi connectivity index (χ2v) is 10.7. The Morgan fingerprint density at radius 1 is 1.29 bits per heavy atom. The number of hydrogen-bond donors (Lipinski definition) is 0. The lowest BCUT2D eigenvalue weighted by Gasteiger charge is -2.31. The van der Waals surface area contributed by atoms with Gasteiger partial charge in [-0.1, -0.05) is 30.2 Å². The van der Waals surface area contributed by atoms with Crippen LogP contribution >= 0.6 is 11.3 Å². The van der Waals surface area contributed by atoms with Gasteiger partial charge in [0.15, 0.2) is 12.4 Å². The maximum Gasteiger partial charge on any atom is 0.278 e. The number of carbonyl (C=O) groups excluding carboxylic acids is 1. The average Bonchev–Trinajstić information content (AvgIpc) is 3.24. The standard InChI is InChI=1S/C26H33F2N3O2S/c1-26(27,28)18-33-25-30-23-17-31(14-11-24(23)34-25)13-10-19-4-6-20(7-5-19)15-22(32)9-8-21-3-2-12-29-16-21/h2-3,8-9,12,16,19-20H,4-7,10-11,13-15,17-18H2,1H3/b9-8+. The zero-order valence-electron chi connectivity index (χ0n) is 19.7. The summed E-state index contributed by atoms with van der Waals surface area (Å²) in [7, 11) is 0. The van der Waals surface area contributed by atoms with Gasteiger partial charge in [0.2, 0.25) is 0 Å². The van der Waals surface area contributed by atoms with Gasteiger partial charge < -0.3 is 4.74 Å². The van der Waals surface area contributed by atoms with Crippen molar-refractivity contribution in [1.82, 2.24) is 14.9 Å². The molecule has 1 aliphatic heterocycles. The van der Waals surface area contributed by atoms with Gasteiger partial charge in [-0.05, 0) is 67.8 Å². The molecule has 0 radical (unpaired) electrons. The van der Waals surface area contributed by atoms with E-state index in [4.69, 9.17) is 4.74 Å². The lowest BCUT2D eigenvalue weighted by molar-refractivity contribution is -0.115. The fourth-order valence-corrected chi connectivity index (χ4v) is 5.68. The number of fused-ring (bicyclic) bond motifs is 1. The van der Waals surface area contributed by atoms with Crippen LogP contribution in [0.25, 0.3) is 6.08 Å². The third-order valence-corrected chi connectivity index (χ3v) is 7.76. The predicted octanol–water partition coefficient (Wildman–Crippen LogP) is 5.80. The topological polar surface area (TPSA) is 55.3 Å². The molecule has 1 fully saturated rings. The van der Waals surface area contributed by atoms with Crippen molar-refractivity contribution >= 4 is 23.2 Å². The van der Waals surface area contributed by atoms with Gasteiger partial charge in [-0.2, -0.15) is 0 Å². The molecule has 0 spiro atoms. The van der Waals surface area contributed by atoms with Crippen molar-refractivity contribution in [3.63, 3.8) is 0 Å². The summed E-state index contributed by atoms with van der Waals surface area (Å²) in [4.78, 5) is 24.4. The van der Waals surface area contributed by atoms with Crippen LogP contribution < -0.4 is 4.74 Å². The summed E-state index contributed by atoms with van der Waals surface area (Å²) in [6, 6.07) is 3.81. The van der Waals surface area contributed by atoms with Crippen LogP contribution in [-0.4, -0.2) is 46.3 Å². The van der Waals surface area contributed by atoms with Crippen molar-refractivity contribution in [3.05, 3.63) is 46.7 Å². The van der Waals surface area contributed by atoms with Crippen LogP contribution in [0.3, 0.4) is 0 Å². The summed E-state index contributed by atoms with van der Waals surface area (Å²) in [6.07, 6.45) is 14.3. The summed E-state index contributed by atoms with van der Waals surface area (Å²) in [5.74, 6) is -1.45. The molecule has 2 aliphatic rings. The highest BCUT2D eigenvalue weighted by molar-refractivity contribution is 7.13. The summed E-state index contributed by atoms with van der Waals surface area (Å²) in [5, 5.41) is 0.358. The molecule has 0 atom stereocenters. The van der Waals surface area contributed by atoms with E-state index in [0.717, 1.165) is 68.4 Å². The molecule has 0 bridgehead atoms. The van der Waals surface area contributed by atoms with Crippen molar-refractivity contribution in [2.45, 2.75) is 64.3 Å². The summed E-state index contributed by atoms with van der Waals surface area (Å²) in [6.45, 7) is 3.01. The molecule has 2 aromatic heterocycles. The fraction of sp³-hybridized carbons (Fsp3) is 0.577. The first-order valence-corrected chi connectivity index (χ1v) is 13.0. The molecule has 0 N–H and O–H groups in total. The highest BCUT2D eigenvalue weighted by Crippen LogP contribution is 2.34. The van der Waals surface area contributed by atoms with E-state index in [9.17, 15) is 13.6 Å². The second kappa shape index (κ2) is 11.5. The van der Waals surface area contributed by atoms with E-state index in [2.05, 4.69) is 14.9 Å². The largest absolute Gasteiger partial charge is 0.464 e. The molecule has 1 saturated carbocycles. The third-order valence-electron chi connectivity index (χ3n) is 6.69. The smallest absolute Gasteiger partial charge is 0.278 e. The number of alkyl halides is 2. The molecule has 184 valence electrons. The maximum atomic E-state index is 13.0. The number of ketones is 1. The number of pyridine rings is 1. The number of nitrogens with zero attached hydrogens (tertiary/aromatic N) is 3. The molecule has 0 saturated heterocycles. The molecule has 0 amide bonds. The van der Waals surface area contributed by atoms with Crippen molar-refractivity contribution in [1.29, 1.82) is 0 Å². The van der Waals surface area contributed by atoms with Crippen molar-refractivity contribution in [2.24, 2.45) is 11.8 Å². The molecule has 1 aliphatic carbocycles. The Hall–Kier alpha value is -2.19. The van der Waals surface area contributed by atoms with E-state index in [1.165, 1.54) is 24.2 Å². The lowest BCUT2D eigenvalue weighted by Crippen LogP contribution is -2.32. The van der Waals surface area contributed by atoms with Crippen LogP contribution in [0.15, 0.2) is 30.6 Å². The van der Waals surface area contributed by atoms with Crippen LogP contribution in [0, 0.1) is 11.8 Å². The third kappa shape index (κ3) is 7.67. The first-order chi connectivity index (χ1) is 16.3. The molecule has 4 rings (SSSR count). The molecule has 8 heteroatoms. The van der Waals surface area contributed by atoms with Crippen LogP contribution in [0.5, 0.6) is 5.19 Å². The van der Waals surface area contributed by atoms with Crippen molar-refractivity contribution in [3.8, 4) is 5.19 Å². The van der Waals surface area contributed by atoms with Crippen molar-refractivity contribution < 1.29 is 18.3 Å². The highest BCUT2D eigenvalue weighted by Gasteiger charge is 2.27. The van der Waals surface area contributed by atoms with Gasteiger partial charge in [0, 0.05) is 43.7 Å². The maximum absolute atomic E-state index is 13.0. The molecular weight excluding hydrogens is 456 g/mol. The fourth-order valence-electron chi connectivity index (χ4n) is 4.78. The quantitative estimate of drug-likeness (QED) is 0.395. The highest BCUT2D eigenvalue weighted by atomic mass is 32.1. The normalized spacial score (nSPS) is 21.5. The second-order valence-electron chi connectivity index (χ2n) is 9.70. The minimum absolute atomic E-state index is 0.200. The van der Waals surface area contributed by atoms with Gasteiger partial charge in [-0.3, -0.25) is 14.7 Å². The lowest BCUT2D eigenvalue weighted by atomic mass is 9.78. The van der Waals surface area contributed by atoms with Gasteiger partial charge in [0.25, 0.3) is 11.1 Å². The Bertz CT molecular complexity index is 966. The average molecular weight is 490 g/mol. The van der Waals surface area contributed by atoms with Crippen LogP contribution in [-0.2, 0) is 17.8 Å². The molecule has 0 unspecified atom stereocenters. The first-order valence-electron chi connectivity index (χ1n) is 12.2. The molecule has 3 heterocycles. The minimum atomic E-state index is -2.85. The van der Waals surface area contributed by atoms with E-state index in [0.29, 0.717) is 23.5 Å². The number of hydrogen-bond acceptors (Lipinski definition) is 6. The van der Waals surface area contributed by atoms with Gasteiger partial charge in [0.05, 0.1) is 5.69 Å². The van der Waals surface area contributed by atoms with Gasteiger partial charge >= 0.3 is 0 Å². The Morgan fingerprint density at radius 3 is 2.82 bits per heavy atom. The number of halogens is 2. The monoisotopic (exact) mass is 489 g/mol. The number of ether oxygens (including phenoxy) is 1. The molecule has 5 nitrogen and oxygen atoms in total. The Balaban J connectivity index is 1.15. The summed E-state index contributed by atoms with van der Waals surface area (Å²) < 4.78 is 31.3. The van der Waals surface area contributed by atoms with Crippen LogP contribution in [0.1, 0.15) is 61.6 Å². The number of rotatable bonds is 10. The van der Waals surface area contributed by atoms with Crippen LogP contribution in [0.4, 0.5) is 8.78 Å². The molecular formula is C26H33F2N3O2S. The van der Waals surface area contributed by atoms with E-state index < -0.39 is 12.5 Å². The SMILES string of the molecule is CC(F)(F)COc1nc2c(s1)CCN(CCC1CCC(CC(=O)/C=C/c3cccnc3)CC1)C2. The van der Waals surface area contributed by atoms with E-state index in [1.54, 1.807) is 18.5 Å². The number of allylic oxidation sites excluding steroid dienone is 1. The van der Waals surface area contributed by atoms with Crippen LogP contribution in [0.2, 0.25) is 0 Å². The number of carbonyl (C=O) groups is 1. The first kappa shape index (κ1) is 24.9. The van der Waals surface area contributed by atoms with E-state index in [1.807, 2.05) is 18.2 Å². The predicted molar refractivity (Wildman–Crippen MR) is 130 cm³/mol. The van der Waals surface area contributed by atoms with E-state index >= 15 is 0 Å². The van der Waals surface area contributed by atoms with Gasteiger partial charge in [-0.15, -0.1) is 0 Å². The number of aromatic nitrogens is 2.